The van der Waals surface area contributed by atoms with Crippen LogP contribution in [0.3, 0.4) is 0 Å². The van der Waals surface area contributed by atoms with Crippen LogP contribution >= 0.6 is 11.6 Å². The lowest BCUT2D eigenvalue weighted by atomic mass is 10.1. The summed E-state index contributed by atoms with van der Waals surface area (Å²) in [6.07, 6.45) is -2.83. The minimum absolute atomic E-state index is 0.00509. The summed E-state index contributed by atoms with van der Waals surface area (Å²) >= 11 is 6.09. The Bertz CT molecular complexity index is 748. The summed E-state index contributed by atoms with van der Waals surface area (Å²) in [5, 5.41) is 3.03. The number of alkyl halides is 3. The van der Waals surface area contributed by atoms with E-state index in [1.165, 1.54) is 0 Å². The molecule has 0 aliphatic heterocycles. The molecule has 1 fully saturated rings. The molecule has 120 valence electrons. The zero-order valence-electron chi connectivity index (χ0n) is 11.8. The average molecular weight is 341 g/mol. The number of nitrogens with zero attached hydrogens (tertiary/aromatic N) is 1. The van der Waals surface area contributed by atoms with Crippen LogP contribution in [0, 0.1) is 5.92 Å². The van der Waals surface area contributed by atoms with E-state index in [2.05, 4.69) is 10.3 Å². The van der Waals surface area contributed by atoms with Crippen LogP contribution < -0.4 is 5.32 Å². The number of hydrogen-bond acceptors (Lipinski definition) is 2. The van der Waals surface area contributed by atoms with Crippen LogP contribution in [0.2, 0.25) is 5.02 Å². The third-order valence-electron chi connectivity index (χ3n) is 3.77. The molecule has 7 heteroatoms. The summed E-state index contributed by atoms with van der Waals surface area (Å²) in [6.45, 7) is 0. The number of anilines is 1. The van der Waals surface area contributed by atoms with E-state index >= 15 is 0 Å². The lowest BCUT2D eigenvalue weighted by molar-refractivity contribution is -0.137. The van der Waals surface area contributed by atoms with Crippen LogP contribution in [0.4, 0.5) is 19.0 Å². The van der Waals surface area contributed by atoms with E-state index in [1.807, 2.05) is 12.1 Å². The molecule has 0 spiro atoms. The third-order valence-corrected chi connectivity index (χ3v) is 4.11. The van der Waals surface area contributed by atoms with Gasteiger partial charge in [0.1, 0.15) is 5.82 Å². The van der Waals surface area contributed by atoms with E-state index in [1.54, 1.807) is 12.1 Å². The highest BCUT2D eigenvalue weighted by atomic mass is 35.5. The molecule has 1 heterocycles. The van der Waals surface area contributed by atoms with Crippen LogP contribution in [0.1, 0.15) is 23.5 Å². The molecular formula is C16H12ClF3N2O. The van der Waals surface area contributed by atoms with Crippen molar-refractivity contribution in [1.29, 1.82) is 0 Å². The molecule has 23 heavy (non-hydrogen) atoms. The molecule has 0 radical (unpaired) electrons. The van der Waals surface area contributed by atoms with Gasteiger partial charge in [0.05, 0.1) is 5.56 Å². The lowest BCUT2D eigenvalue weighted by Gasteiger charge is -2.09. The second-order valence-corrected chi connectivity index (χ2v) is 5.79. The van der Waals surface area contributed by atoms with E-state index < -0.39 is 11.7 Å². The Labute approximate surface area is 135 Å². The standard InChI is InChI=1S/C16H12ClF3N2O/c17-13-4-2-1-3-10(13)11-8-12(11)15(23)22-14-7-9(5-6-21-14)16(18,19)20/h1-7,11-12H,8H2,(H,21,22,23)/t11-,12-/m0/s1. The van der Waals surface area contributed by atoms with E-state index in [9.17, 15) is 18.0 Å². The summed E-state index contributed by atoms with van der Waals surface area (Å²) in [5.74, 6) is -0.753. The Hall–Kier alpha value is -2.08. The van der Waals surface area contributed by atoms with Crippen molar-refractivity contribution in [3.8, 4) is 0 Å². The minimum atomic E-state index is -4.47. The molecule has 3 nitrogen and oxygen atoms in total. The minimum Gasteiger partial charge on any atom is -0.310 e. The van der Waals surface area contributed by atoms with Gasteiger partial charge in [-0.2, -0.15) is 13.2 Å². The highest BCUT2D eigenvalue weighted by molar-refractivity contribution is 6.31. The van der Waals surface area contributed by atoms with Crippen molar-refractivity contribution >= 4 is 23.3 Å². The van der Waals surface area contributed by atoms with Crippen molar-refractivity contribution in [2.75, 3.05) is 5.32 Å². The molecule has 2 atom stereocenters. The van der Waals surface area contributed by atoms with Crippen molar-refractivity contribution in [3.05, 3.63) is 58.7 Å². The Morgan fingerprint density at radius 1 is 1.26 bits per heavy atom. The summed E-state index contributed by atoms with van der Waals surface area (Å²) < 4.78 is 37.9. The number of pyridine rings is 1. The number of amides is 1. The van der Waals surface area contributed by atoms with Gasteiger partial charge in [-0.05, 0) is 36.1 Å². The van der Waals surface area contributed by atoms with Crippen molar-refractivity contribution in [1.82, 2.24) is 4.98 Å². The fourth-order valence-electron chi connectivity index (χ4n) is 2.50. The predicted molar refractivity (Wildman–Crippen MR) is 80.2 cm³/mol. The van der Waals surface area contributed by atoms with E-state index in [-0.39, 0.29) is 23.6 Å². The van der Waals surface area contributed by atoms with Gasteiger partial charge in [-0.15, -0.1) is 0 Å². The molecule has 1 saturated carbocycles. The fourth-order valence-corrected chi connectivity index (χ4v) is 2.77. The van der Waals surface area contributed by atoms with Gasteiger partial charge >= 0.3 is 6.18 Å². The molecule has 3 rings (SSSR count). The number of carbonyl (C=O) groups excluding carboxylic acids is 1. The van der Waals surface area contributed by atoms with Gasteiger partial charge in [-0.25, -0.2) is 4.98 Å². The fraction of sp³-hybridized carbons (Fsp3) is 0.250. The normalized spacial score (nSPS) is 20.2. The summed E-state index contributed by atoms with van der Waals surface area (Å²) in [6, 6.07) is 8.92. The quantitative estimate of drug-likeness (QED) is 0.894. The number of carbonyl (C=O) groups is 1. The molecule has 1 amide bonds. The summed E-state index contributed by atoms with van der Waals surface area (Å²) in [7, 11) is 0. The monoisotopic (exact) mass is 340 g/mol. The summed E-state index contributed by atoms with van der Waals surface area (Å²) in [4.78, 5) is 15.9. The zero-order chi connectivity index (χ0) is 16.6. The molecule has 0 bridgehead atoms. The molecular weight excluding hydrogens is 329 g/mol. The topological polar surface area (TPSA) is 42.0 Å². The Balaban J connectivity index is 1.69. The van der Waals surface area contributed by atoms with Crippen LogP contribution in [-0.2, 0) is 11.0 Å². The maximum absolute atomic E-state index is 12.6. The first-order valence-electron chi connectivity index (χ1n) is 6.95. The van der Waals surface area contributed by atoms with Gasteiger partial charge in [-0.3, -0.25) is 4.79 Å². The molecule has 0 unspecified atom stereocenters. The first kappa shape index (κ1) is 15.8. The first-order chi connectivity index (χ1) is 10.9. The zero-order valence-corrected chi connectivity index (χ0v) is 12.5. The van der Waals surface area contributed by atoms with Crippen molar-refractivity contribution in [2.24, 2.45) is 5.92 Å². The van der Waals surface area contributed by atoms with Gasteiger partial charge in [0, 0.05) is 17.1 Å². The van der Waals surface area contributed by atoms with Crippen molar-refractivity contribution < 1.29 is 18.0 Å². The molecule has 1 aromatic carbocycles. The number of hydrogen-bond donors (Lipinski definition) is 1. The van der Waals surface area contributed by atoms with Crippen LogP contribution in [0.5, 0.6) is 0 Å². The highest BCUT2D eigenvalue weighted by Gasteiger charge is 2.45. The van der Waals surface area contributed by atoms with E-state index in [0.717, 1.165) is 23.9 Å². The smallest absolute Gasteiger partial charge is 0.310 e. The largest absolute Gasteiger partial charge is 0.416 e. The molecule has 2 aromatic rings. The van der Waals surface area contributed by atoms with Crippen LogP contribution in [0.15, 0.2) is 42.6 Å². The second kappa shape index (κ2) is 5.85. The maximum Gasteiger partial charge on any atom is 0.416 e. The second-order valence-electron chi connectivity index (χ2n) is 5.39. The van der Waals surface area contributed by atoms with Gasteiger partial charge in [0.2, 0.25) is 5.91 Å². The van der Waals surface area contributed by atoms with Gasteiger partial charge < -0.3 is 5.32 Å². The Morgan fingerprint density at radius 3 is 2.70 bits per heavy atom. The Kier molecular flexibility index (Phi) is 4.02. The van der Waals surface area contributed by atoms with Gasteiger partial charge in [0.25, 0.3) is 0 Å². The molecule has 1 aliphatic rings. The number of rotatable bonds is 3. The predicted octanol–water partition coefficient (Wildman–Crippen LogP) is 4.50. The molecule has 0 saturated heterocycles. The molecule has 1 aromatic heterocycles. The summed E-state index contributed by atoms with van der Waals surface area (Å²) in [5.41, 5.74) is 0.0348. The van der Waals surface area contributed by atoms with E-state index in [4.69, 9.17) is 11.6 Å². The maximum atomic E-state index is 12.6. The van der Waals surface area contributed by atoms with Crippen molar-refractivity contribution in [2.45, 2.75) is 18.5 Å². The number of benzene rings is 1. The highest BCUT2D eigenvalue weighted by Crippen LogP contribution is 2.50. The third kappa shape index (κ3) is 3.47. The van der Waals surface area contributed by atoms with E-state index in [0.29, 0.717) is 11.4 Å². The average Bonchev–Trinajstić information content (AvgIpc) is 3.27. The Morgan fingerprint density at radius 2 is 2.00 bits per heavy atom. The van der Waals surface area contributed by atoms with Gasteiger partial charge in [0.15, 0.2) is 0 Å². The van der Waals surface area contributed by atoms with Gasteiger partial charge in [-0.1, -0.05) is 29.8 Å². The SMILES string of the molecule is O=C(Nc1cc(C(F)(F)F)ccn1)[C@H]1C[C@H]1c1ccccc1Cl. The van der Waals surface area contributed by atoms with Crippen molar-refractivity contribution in [3.63, 3.8) is 0 Å². The molecule has 1 N–H and O–H groups in total. The first-order valence-corrected chi connectivity index (χ1v) is 7.32. The lowest BCUT2D eigenvalue weighted by Crippen LogP contribution is -2.16. The van der Waals surface area contributed by atoms with Crippen LogP contribution in [-0.4, -0.2) is 10.9 Å². The number of aromatic nitrogens is 1. The number of halogens is 4. The number of nitrogens with one attached hydrogen (secondary N) is 1. The van der Waals surface area contributed by atoms with Crippen LogP contribution in [0.25, 0.3) is 0 Å². The molecule has 1 aliphatic carbocycles.